The fourth-order valence-electron chi connectivity index (χ4n) is 2.96. The Bertz CT molecular complexity index is 845. The molecule has 0 fully saturated rings. The van der Waals surface area contributed by atoms with E-state index in [9.17, 15) is 0 Å². The van der Waals surface area contributed by atoms with Crippen LogP contribution >= 0.6 is 0 Å². The minimum absolute atomic E-state index is 0.144. The maximum absolute atomic E-state index is 5.67. The third-order valence-electron chi connectivity index (χ3n) is 4.27. The molecule has 5 nitrogen and oxygen atoms in total. The summed E-state index contributed by atoms with van der Waals surface area (Å²) in [6.07, 6.45) is 3.89. The summed E-state index contributed by atoms with van der Waals surface area (Å²) >= 11 is 0. The van der Waals surface area contributed by atoms with Gasteiger partial charge in [0.1, 0.15) is 13.2 Å². The van der Waals surface area contributed by atoms with Crippen molar-refractivity contribution in [2.24, 2.45) is 0 Å². The highest BCUT2D eigenvalue weighted by Gasteiger charge is 2.14. The van der Waals surface area contributed by atoms with E-state index in [4.69, 9.17) is 9.47 Å². The SMILES string of the molecule is CC(Nc1cnn(Cc2ccccc2)c1)c1ccc2c(c1)OCCO2. The smallest absolute Gasteiger partial charge is 0.161 e. The zero-order valence-corrected chi connectivity index (χ0v) is 14.2. The molecule has 0 aliphatic carbocycles. The van der Waals surface area contributed by atoms with Gasteiger partial charge in [0.15, 0.2) is 11.5 Å². The highest BCUT2D eigenvalue weighted by atomic mass is 16.6. The predicted octanol–water partition coefficient (Wildman–Crippen LogP) is 3.88. The van der Waals surface area contributed by atoms with Crippen molar-refractivity contribution < 1.29 is 9.47 Å². The van der Waals surface area contributed by atoms with Crippen molar-refractivity contribution in [1.82, 2.24) is 9.78 Å². The molecule has 128 valence electrons. The van der Waals surface area contributed by atoms with E-state index < -0.39 is 0 Å². The molecule has 0 amide bonds. The van der Waals surface area contributed by atoms with Gasteiger partial charge in [-0.2, -0.15) is 5.10 Å². The highest BCUT2D eigenvalue weighted by Crippen LogP contribution is 2.33. The molecule has 4 rings (SSSR count). The van der Waals surface area contributed by atoms with Gasteiger partial charge in [0.2, 0.25) is 0 Å². The van der Waals surface area contributed by atoms with Gasteiger partial charge in [-0.15, -0.1) is 0 Å². The van der Waals surface area contributed by atoms with Crippen LogP contribution in [0.25, 0.3) is 0 Å². The Kier molecular flexibility index (Phi) is 4.29. The molecule has 0 radical (unpaired) electrons. The molecule has 0 saturated carbocycles. The second-order valence-corrected chi connectivity index (χ2v) is 6.18. The predicted molar refractivity (Wildman–Crippen MR) is 97.2 cm³/mol. The van der Waals surface area contributed by atoms with Gasteiger partial charge in [0.25, 0.3) is 0 Å². The van der Waals surface area contributed by atoms with Crippen LogP contribution in [0.3, 0.4) is 0 Å². The van der Waals surface area contributed by atoms with Crippen molar-refractivity contribution in [2.45, 2.75) is 19.5 Å². The zero-order valence-electron chi connectivity index (χ0n) is 14.2. The first kappa shape index (κ1) is 15.6. The lowest BCUT2D eigenvalue weighted by atomic mass is 10.1. The lowest BCUT2D eigenvalue weighted by Gasteiger charge is -2.21. The minimum Gasteiger partial charge on any atom is -0.486 e. The molecule has 5 heteroatoms. The molecule has 1 aromatic heterocycles. The van der Waals surface area contributed by atoms with Crippen LogP contribution in [0.5, 0.6) is 11.5 Å². The van der Waals surface area contributed by atoms with E-state index in [-0.39, 0.29) is 6.04 Å². The average molecular weight is 335 g/mol. The average Bonchev–Trinajstić information content (AvgIpc) is 3.09. The second kappa shape index (κ2) is 6.89. The van der Waals surface area contributed by atoms with Crippen LogP contribution < -0.4 is 14.8 Å². The first-order valence-corrected chi connectivity index (χ1v) is 8.50. The summed E-state index contributed by atoms with van der Waals surface area (Å²) in [7, 11) is 0. The fourth-order valence-corrected chi connectivity index (χ4v) is 2.96. The monoisotopic (exact) mass is 335 g/mol. The van der Waals surface area contributed by atoms with Gasteiger partial charge < -0.3 is 14.8 Å². The summed E-state index contributed by atoms with van der Waals surface area (Å²) in [6.45, 7) is 4.10. The Morgan fingerprint density at radius 3 is 2.72 bits per heavy atom. The van der Waals surface area contributed by atoms with Gasteiger partial charge in [0.05, 0.1) is 18.4 Å². The standard InChI is InChI=1S/C20H21N3O2/c1-15(17-7-8-19-20(11-17)25-10-9-24-19)22-18-12-21-23(14-18)13-16-5-3-2-4-6-16/h2-8,11-12,14-15,22H,9-10,13H2,1H3. The van der Waals surface area contributed by atoms with Gasteiger partial charge >= 0.3 is 0 Å². The topological polar surface area (TPSA) is 48.3 Å². The molecule has 25 heavy (non-hydrogen) atoms. The summed E-state index contributed by atoms with van der Waals surface area (Å²) in [4.78, 5) is 0. The van der Waals surface area contributed by atoms with Gasteiger partial charge in [0, 0.05) is 12.2 Å². The van der Waals surface area contributed by atoms with E-state index in [1.54, 1.807) is 0 Å². The Morgan fingerprint density at radius 2 is 1.88 bits per heavy atom. The number of anilines is 1. The van der Waals surface area contributed by atoms with Crippen LogP contribution in [-0.2, 0) is 6.54 Å². The van der Waals surface area contributed by atoms with Crippen molar-refractivity contribution in [3.05, 3.63) is 72.1 Å². The number of aromatic nitrogens is 2. The second-order valence-electron chi connectivity index (χ2n) is 6.18. The summed E-state index contributed by atoms with van der Waals surface area (Å²) in [5.41, 5.74) is 3.38. The van der Waals surface area contributed by atoms with Gasteiger partial charge in [-0.25, -0.2) is 0 Å². The molecule has 1 unspecified atom stereocenters. The molecule has 1 aliphatic heterocycles. The number of ether oxygens (including phenoxy) is 2. The first-order chi connectivity index (χ1) is 12.3. The number of rotatable bonds is 5. The van der Waals surface area contributed by atoms with E-state index in [0.29, 0.717) is 13.2 Å². The van der Waals surface area contributed by atoms with Crippen molar-refractivity contribution in [1.29, 1.82) is 0 Å². The zero-order chi connectivity index (χ0) is 17.1. The van der Waals surface area contributed by atoms with E-state index in [1.807, 2.05) is 47.4 Å². The van der Waals surface area contributed by atoms with Crippen LogP contribution in [0.2, 0.25) is 0 Å². The molecular weight excluding hydrogens is 314 g/mol. The van der Waals surface area contributed by atoms with Gasteiger partial charge in [-0.3, -0.25) is 4.68 Å². The maximum Gasteiger partial charge on any atom is 0.161 e. The van der Waals surface area contributed by atoms with Crippen LogP contribution in [-0.4, -0.2) is 23.0 Å². The number of benzene rings is 2. The van der Waals surface area contributed by atoms with E-state index >= 15 is 0 Å². The van der Waals surface area contributed by atoms with Crippen LogP contribution in [0, 0.1) is 0 Å². The Balaban J connectivity index is 1.43. The molecule has 1 atom stereocenters. The molecule has 2 heterocycles. The third-order valence-corrected chi connectivity index (χ3v) is 4.27. The van der Waals surface area contributed by atoms with Gasteiger partial charge in [-0.1, -0.05) is 36.4 Å². The minimum atomic E-state index is 0.144. The molecule has 3 aromatic rings. The molecule has 2 aromatic carbocycles. The van der Waals surface area contributed by atoms with E-state index in [1.165, 1.54) is 5.56 Å². The van der Waals surface area contributed by atoms with E-state index in [0.717, 1.165) is 29.3 Å². The maximum atomic E-state index is 5.67. The first-order valence-electron chi connectivity index (χ1n) is 8.50. The normalized spacial score (nSPS) is 14.1. The Hall–Kier alpha value is -2.95. The summed E-state index contributed by atoms with van der Waals surface area (Å²) in [6, 6.07) is 16.5. The van der Waals surface area contributed by atoms with E-state index in [2.05, 4.69) is 35.5 Å². The number of fused-ring (bicyclic) bond motifs is 1. The lowest BCUT2D eigenvalue weighted by Crippen LogP contribution is -2.16. The number of hydrogen-bond acceptors (Lipinski definition) is 4. The third kappa shape index (κ3) is 3.60. The molecule has 0 saturated heterocycles. The van der Waals surface area contributed by atoms with Crippen molar-refractivity contribution in [2.75, 3.05) is 18.5 Å². The van der Waals surface area contributed by atoms with Crippen LogP contribution in [0.1, 0.15) is 24.1 Å². The molecule has 1 N–H and O–H groups in total. The Labute approximate surface area is 147 Å². The summed E-state index contributed by atoms with van der Waals surface area (Å²) in [5, 5.41) is 7.93. The molecule has 0 spiro atoms. The quantitative estimate of drug-likeness (QED) is 0.769. The summed E-state index contributed by atoms with van der Waals surface area (Å²) in [5.74, 6) is 1.63. The van der Waals surface area contributed by atoms with Crippen LogP contribution in [0.15, 0.2) is 60.9 Å². The lowest BCUT2D eigenvalue weighted by molar-refractivity contribution is 0.171. The van der Waals surface area contributed by atoms with Crippen molar-refractivity contribution in [3.63, 3.8) is 0 Å². The van der Waals surface area contributed by atoms with Crippen molar-refractivity contribution in [3.8, 4) is 11.5 Å². The molecular formula is C20H21N3O2. The Morgan fingerprint density at radius 1 is 1.08 bits per heavy atom. The fraction of sp³-hybridized carbons (Fsp3) is 0.250. The van der Waals surface area contributed by atoms with Crippen LogP contribution in [0.4, 0.5) is 5.69 Å². The van der Waals surface area contributed by atoms with Crippen molar-refractivity contribution >= 4 is 5.69 Å². The number of nitrogens with one attached hydrogen (secondary N) is 1. The molecule has 0 bridgehead atoms. The number of nitrogens with zero attached hydrogens (tertiary/aromatic N) is 2. The summed E-state index contributed by atoms with van der Waals surface area (Å²) < 4.78 is 13.2. The molecule has 1 aliphatic rings. The largest absolute Gasteiger partial charge is 0.486 e. The highest BCUT2D eigenvalue weighted by molar-refractivity contribution is 5.47. The number of hydrogen-bond donors (Lipinski definition) is 1. The van der Waals surface area contributed by atoms with Gasteiger partial charge in [-0.05, 0) is 30.2 Å².